The predicted molar refractivity (Wildman–Crippen MR) is 86.6 cm³/mol. The Kier molecular flexibility index (Phi) is 5.32. The summed E-state index contributed by atoms with van der Waals surface area (Å²) in [6.45, 7) is 5.90. The summed E-state index contributed by atoms with van der Waals surface area (Å²) in [5, 5.41) is 0. The van der Waals surface area contributed by atoms with Crippen molar-refractivity contribution in [2.24, 2.45) is 0 Å². The molecule has 0 bridgehead atoms. The quantitative estimate of drug-likeness (QED) is 0.555. The smallest absolute Gasteiger partial charge is 0.136 e. The summed E-state index contributed by atoms with van der Waals surface area (Å²) in [6, 6.07) is 20.2. The van der Waals surface area contributed by atoms with E-state index in [0.29, 0.717) is 0 Å². The molecule has 2 heteroatoms. The highest BCUT2D eigenvalue weighted by atomic mass is 17.2. The van der Waals surface area contributed by atoms with Crippen LogP contribution in [0.15, 0.2) is 66.7 Å². The second-order valence-corrected chi connectivity index (χ2v) is 5.89. The summed E-state index contributed by atoms with van der Waals surface area (Å²) in [6.07, 6.45) is 3.82. The van der Waals surface area contributed by atoms with Crippen LogP contribution in [0.3, 0.4) is 0 Å². The fourth-order valence-corrected chi connectivity index (χ4v) is 1.80. The summed E-state index contributed by atoms with van der Waals surface area (Å²) in [5.41, 5.74) is 1.86. The molecule has 0 saturated heterocycles. The first-order valence-electron chi connectivity index (χ1n) is 7.17. The molecule has 0 radical (unpaired) electrons. The Hall–Kier alpha value is -1.90. The molecule has 110 valence electrons. The van der Waals surface area contributed by atoms with Gasteiger partial charge in [-0.25, -0.2) is 9.78 Å². The third-order valence-electron chi connectivity index (χ3n) is 2.79. The molecule has 2 rings (SSSR count). The third-order valence-corrected chi connectivity index (χ3v) is 2.79. The van der Waals surface area contributed by atoms with E-state index in [2.05, 4.69) is 12.1 Å². The van der Waals surface area contributed by atoms with E-state index in [4.69, 9.17) is 9.78 Å². The Labute approximate surface area is 127 Å². The molecule has 0 amide bonds. The van der Waals surface area contributed by atoms with Crippen molar-refractivity contribution in [1.29, 1.82) is 0 Å². The lowest BCUT2D eigenvalue weighted by Crippen LogP contribution is -2.20. The molecule has 0 aromatic heterocycles. The Balaban J connectivity index is 2.14. The van der Waals surface area contributed by atoms with Gasteiger partial charge in [-0.05, 0) is 38.0 Å². The van der Waals surface area contributed by atoms with Gasteiger partial charge >= 0.3 is 0 Å². The predicted octanol–water partition coefficient (Wildman–Crippen LogP) is 5.19. The fraction of sp³-hybridized carbons (Fsp3) is 0.263. The first-order chi connectivity index (χ1) is 10.0. The van der Waals surface area contributed by atoms with Crippen LogP contribution >= 0.6 is 0 Å². The maximum Gasteiger partial charge on any atom is 0.136 e. The van der Waals surface area contributed by atoms with Crippen molar-refractivity contribution in [3.05, 3.63) is 77.9 Å². The van der Waals surface area contributed by atoms with E-state index in [9.17, 15) is 0 Å². The highest BCUT2D eigenvalue weighted by Crippen LogP contribution is 2.23. The third kappa shape index (κ3) is 5.54. The van der Waals surface area contributed by atoms with Gasteiger partial charge in [-0.15, -0.1) is 0 Å². The second-order valence-electron chi connectivity index (χ2n) is 5.89. The molecule has 0 aliphatic heterocycles. The van der Waals surface area contributed by atoms with Crippen LogP contribution in [-0.4, -0.2) is 5.60 Å². The first kappa shape index (κ1) is 15.5. The summed E-state index contributed by atoms with van der Waals surface area (Å²) >= 11 is 0. The molecular weight excluding hydrogens is 260 g/mol. The molecule has 1 atom stereocenters. The van der Waals surface area contributed by atoms with Crippen molar-refractivity contribution in [1.82, 2.24) is 0 Å². The van der Waals surface area contributed by atoms with Crippen molar-refractivity contribution >= 4 is 6.08 Å². The molecular formula is C19H22O2. The lowest BCUT2D eigenvalue weighted by atomic mass is 10.1. The average Bonchev–Trinajstić information content (AvgIpc) is 2.48. The van der Waals surface area contributed by atoms with Crippen LogP contribution in [0.1, 0.15) is 38.0 Å². The molecule has 2 aromatic carbocycles. The Morgan fingerprint density at radius 1 is 0.857 bits per heavy atom. The van der Waals surface area contributed by atoms with E-state index in [1.54, 1.807) is 0 Å². The molecule has 0 aliphatic rings. The number of rotatable bonds is 5. The number of benzene rings is 2. The van der Waals surface area contributed by atoms with Crippen molar-refractivity contribution in [2.45, 2.75) is 32.5 Å². The van der Waals surface area contributed by atoms with Gasteiger partial charge in [0, 0.05) is 0 Å². The van der Waals surface area contributed by atoms with Gasteiger partial charge in [0.15, 0.2) is 0 Å². The summed E-state index contributed by atoms with van der Waals surface area (Å²) < 4.78 is 0. The van der Waals surface area contributed by atoms with E-state index in [0.717, 1.165) is 11.1 Å². The van der Waals surface area contributed by atoms with Crippen molar-refractivity contribution in [3.8, 4) is 0 Å². The minimum Gasteiger partial charge on any atom is -0.230 e. The van der Waals surface area contributed by atoms with Gasteiger partial charge < -0.3 is 0 Å². The number of hydrogen-bond donors (Lipinski definition) is 0. The standard InChI is InChI=1S/C19H22O2/c1-19(2,3)21-20-18(17-12-8-5-9-13-17)15-14-16-10-6-4-7-11-16/h4-15,18H,1-3H3. The van der Waals surface area contributed by atoms with Crippen LogP contribution in [0.4, 0.5) is 0 Å². The van der Waals surface area contributed by atoms with Crippen molar-refractivity contribution in [3.63, 3.8) is 0 Å². The van der Waals surface area contributed by atoms with Gasteiger partial charge in [0.05, 0.1) is 5.60 Å². The molecule has 21 heavy (non-hydrogen) atoms. The Morgan fingerprint density at radius 3 is 2.00 bits per heavy atom. The minimum absolute atomic E-state index is 0.231. The molecule has 0 aliphatic carbocycles. The van der Waals surface area contributed by atoms with Crippen LogP contribution in [0.2, 0.25) is 0 Å². The normalized spacial score (nSPS) is 13.5. The molecule has 0 saturated carbocycles. The fourth-order valence-electron chi connectivity index (χ4n) is 1.80. The van der Waals surface area contributed by atoms with E-state index >= 15 is 0 Å². The molecule has 0 fully saturated rings. The number of hydrogen-bond acceptors (Lipinski definition) is 2. The Morgan fingerprint density at radius 2 is 1.43 bits per heavy atom. The van der Waals surface area contributed by atoms with Gasteiger partial charge in [-0.3, -0.25) is 0 Å². The lowest BCUT2D eigenvalue weighted by Gasteiger charge is -2.21. The van der Waals surface area contributed by atoms with Gasteiger partial charge in [-0.2, -0.15) is 0 Å². The van der Waals surface area contributed by atoms with Crippen LogP contribution in [0.25, 0.3) is 6.08 Å². The highest BCUT2D eigenvalue weighted by Gasteiger charge is 2.16. The molecule has 2 aromatic rings. The van der Waals surface area contributed by atoms with Crippen LogP contribution < -0.4 is 0 Å². The highest BCUT2D eigenvalue weighted by molar-refractivity contribution is 5.50. The topological polar surface area (TPSA) is 18.5 Å². The monoisotopic (exact) mass is 282 g/mol. The molecule has 1 unspecified atom stereocenters. The Bertz CT molecular complexity index is 553. The minimum atomic E-state index is -0.340. The van der Waals surface area contributed by atoms with Crippen molar-refractivity contribution < 1.29 is 9.78 Å². The summed E-state index contributed by atoms with van der Waals surface area (Å²) in [7, 11) is 0. The largest absolute Gasteiger partial charge is 0.230 e. The zero-order valence-electron chi connectivity index (χ0n) is 12.8. The maximum atomic E-state index is 5.63. The second kappa shape index (κ2) is 7.21. The zero-order valence-corrected chi connectivity index (χ0v) is 12.8. The zero-order chi connectivity index (χ0) is 15.1. The van der Waals surface area contributed by atoms with E-state index in [1.807, 2.05) is 81.5 Å². The van der Waals surface area contributed by atoms with Crippen LogP contribution in [0.5, 0.6) is 0 Å². The van der Waals surface area contributed by atoms with E-state index in [-0.39, 0.29) is 11.7 Å². The average molecular weight is 282 g/mol. The summed E-state index contributed by atoms with van der Waals surface area (Å²) in [5.74, 6) is 0. The molecule has 0 heterocycles. The van der Waals surface area contributed by atoms with E-state index < -0.39 is 0 Å². The lowest BCUT2D eigenvalue weighted by molar-refractivity contribution is -0.367. The van der Waals surface area contributed by atoms with Gasteiger partial charge in [0.2, 0.25) is 0 Å². The van der Waals surface area contributed by atoms with Crippen LogP contribution in [-0.2, 0) is 9.78 Å². The molecule has 0 N–H and O–H groups in total. The SMILES string of the molecule is CC(C)(C)OOC(C=Cc1ccccc1)c1ccccc1. The van der Waals surface area contributed by atoms with Gasteiger partial charge in [0.25, 0.3) is 0 Å². The molecule has 0 spiro atoms. The van der Waals surface area contributed by atoms with Crippen LogP contribution in [0, 0.1) is 0 Å². The van der Waals surface area contributed by atoms with Gasteiger partial charge in [-0.1, -0.05) is 66.7 Å². The van der Waals surface area contributed by atoms with Gasteiger partial charge in [0.1, 0.15) is 6.10 Å². The summed E-state index contributed by atoms with van der Waals surface area (Å²) in [4.78, 5) is 11.1. The maximum absolute atomic E-state index is 5.63. The first-order valence-corrected chi connectivity index (χ1v) is 7.17. The molecule has 2 nitrogen and oxygen atoms in total. The van der Waals surface area contributed by atoms with E-state index in [1.165, 1.54) is 0 Å². The van der Waals surface area contributed by atoms with Crippen molar-refractivity contribution in [2.75, 3.05) is 0 Å².